The Morgan fingerprint density at radius 2 is 2.00 bits per heavy atom. The Kier molecular flexibility index (Phi) is 5.33. The molecule has 1 N–H and O–H groups in total. The van der Waals surface area contributed by atoms with Crippen molar-refractivity contribution in [2.45, 2.75) is 38.3 Å². The first-order valence-corrected chi connectivity index (χ1v) is 7.23. The van der Waals surface area contributed by atoms with Crippen molar-refractivity contribution in [2.75, 3.05) is 13.7 Å². The first-order valence-electron chi connectivity index (χ1n) is 7.23. The lowest BCUT2D eigenvalue weighted by Crippen LogP contribution is -2.40. The summed E-state index contributed by atoms with van der Waals surface area (Å²) in [5.41, 5.74) is 1.61. The van der Waals surface area contributed by atoms with Crippen molar-refractivity contribution in [3.63, 3.8) is 0 Å². The Bertz CT molecular complexity index is 498. The number of nitrogens with zero attached hydrogens (tertiary/aromatic N) is 1. The molecular weight excluding hydrogens is 270 g/mol. The number of carboxylic acids is 1. The van der Waals surface area contributed by atoms with Crippen LogP contribution >= 0.6 is 0 Å². The van der Waals surface area contributed by atoms with Crippen molar-refractivity contribution in [1.29, 1.82) is 0 Å². The average molecular weight is 291 g/mol. The van der Waals surface area contributed by atoms with E-state index in [9.17, 15) is 9.59 Å². The third-order valence-corrected chi connectivity index (χ3v) is 3.92. The van der Waals surface area contributed by atoms with Gasteiger partial charge in [0.1, 0.15) is 0 Å². The van der Waals surface area contributed by atoms with Crippen molar-refractivity contribution in [2.24, 2.45) is 0 Å². The quantitative estimate of drug-likeness (QED) is 0.843. The summed E-state index contributed by atoms with van der Waals surface area (Å²) >= 11 is 0. The van der Waals surface area contributed by atoms with Gasteiger partial charge in [0.2, 0.25) is 0 Å². The first kappa shape index (κ1) is 15.5. The van der Waals surface area contributed by atoms with E-state index in [2.05, 4.69) is 9.64 Å². The number of methoxy groups -OCH3 is 1. The summed E-state index contributed by atoms with van der Waals surface area (Å²) in [7, 11) is 1.36. The van der Waals surface area contributed by atoms with E-state index in [1.54, 1.807) is 12.1 Å². The van der Waals surface area contributed by atoms with Gasteiger partial charge in [-0.15, -0.1) is 0 Å². The molecule has 1 unspecified atom stereocenters. The van der Waals surface area contributed by atoms with Crippen molar-refractivity contribution in [3.05, 3.63) is 35.4 Å². The lowest BCUT2D eigenvalue weighted by atomic mass is 9.98. The maximum atomic E-state index is 11.4. The minimum absolute atomic E-state index is 0.108. The van der Waals surface area contributed by atoms with E-state index >= 15 is 0 Å². The molecular formula is C16H21NO4. The van der Waals surface area contributed by atoms with Crippen molar-refractivity contribution in [3.8, 4) is 0 Å². The molecule has 1 fully saturated rings. The van der Waals surface area contributed by atoms with Crippen LogP contribution in [0.3, 0.4) is 0 Å². The van der Waals surface area contributed by atoms with Gasteiger partial charge in [0.25, 0.3) is 0 Å². The molecule has 2 rings (SSSR count). The second kappa shape index (κ2) is 7.22. The van der Waals surface area contributed by atoms with Crippen LogP contribution in [0, 0.1) is 0 Å². The van der Waals surface area contributed by atoms with Gasteiger partial charge in [-0.1, -0.05) is 18.6 Å². The number of carbonyl (C=O) groups excluding carboxylic acids is 1. The second-order valence-electron chi connectivity index (χ2n) is 5.41. The zero-order valence-corrected chi connectivity index (χ0v) is 12.2. The number of ether oxygens (including phenoxy) is 1. The third-order valence-electron chi connectivity index (χ3n) is 3.92. The molecule has 0 bridgehead atoms. The van der Waals surface area contributed by atoms with Crippen LogP contribution in [0.25, 0.3) is 0 Å². The normalized spacial score (nSPS) is 19.2. The molecule has 0 spiro atoms. The molecule has 0 radical (unpaired) electrons. The number of likely N-dealkylation sites (tertiary alicyclic amines) is 1. The van der Waals surface area contributed by atoms with Gasteiger partial charge in [-0.3, -0.25) is 9.69 Å². The summed E-state index contributed by atoms with van der Waals surface area (Å²) in [6, 6.07) is 7.41. The Morgan fingerprint density at radius 3 is 2.62 bits per heavy atom. The van der Waals surface area contributed by atoms with Gasteiger partial charge >= 0.3 is 11.9 Å². The van der Waals surface area contributed by atoms with E-state index in [1.165, 1.54) is 7.11 Å². The van der Waals surface area contributed by atoms with Crippen LogP contribution < -0.4 is 0 Å². The van der Waals surface area contributed by atoms with Gasteiger partial charge < -0.3 is 9.84 Å². The van der Waals surface area contributed by atoms with Crippen molar-refractivity contribution < 1.29 is 19.4 Å². The maximum Gasteiger partial charge on any atom is 0.337 e. The Balaban J connectivity index is 2.01. The highest BCUT2D eigenvalue weighted by Gasteiger charge is 2.24. The number of esters is 1. The van der Waals surface area contributed by atoms with Gasteiger partial charge in [-0.05, 0) is 37.1 Å². The summed E-state index contributed by atoms with van der Waals surface area (Å²) in [5, 5.41) is 9.00. The average Bonchev–Trinajstić information content (AvgIpc) is 2.49. The number of aliphatic carboxylic acids is 1. The van der Waals surface area contributed by atoms with Crippen molar-refractivity contribution >= 4 is 11.9 Å². The van der Waals surface area contributed by atoms with E-state index in [0.29, 0.717) is 5.56 Å². The minimum atomic E-state index is -0.743. The van der Waals surface area contributed by atoms with E-state index in [0.717, 1.165) is 37.9 Å². The largest absolute Gasteiger partial charge is 0.481 e. The molecule has 1 heterocycles. The van der Waals surface area contributed by atoms with Crippen LogP contribution in [0.2, 0.25) is 0 Å². The summed E-state index contributed by atoms with van der Waals surface area (Å²) in [4.78, 5) is 24.6. The van der Waals surface area contributed by atoms with Gasteiger partial charge in [0.05, 0.1) is 19.1 Å². The molecule has 0 amide bonds. The molecule has 0 aromatic heterocycles. The fourth-order valence-electron chi connectivity index (χ4n) is 2.80. The molecule has 1 aliphatic rings. The van der Waals surface area contributed by atoms with Crippen LogP contribution in [0.4, 0.5) is 0 Å². The molecule has 1 aliphatic heterocycles. The molecule has 114 valence electrons. The smallest absolute Gasteiger partial charge is 0.337 e. The van der Waals surface area contributed by atoms with Crippen LogP contribution in [0.1, 0.15) is 41.6 Å². The molecule has 5 heteroatoms. The zero-order chi connectivity index (χ0) is 15.2. The van der Waals surface area contributed by atoms with E-state index in [1.807, 2.05) is 12.1 Å². The van der Waals surface area contributed by atoms with Crippen LogP contribution in [0.15, 0.2) is 24.3 Å². The van der Waals surface area contributed by atoms with E-state index in [-0.39, 0.29) is 18.4 Å². The Labute approximate surface area is 124 Å². The number of hydrogen-bond acceptors (Lipinski definition) is 4. The fourth-order valence-corrected chi connectivity index (χ4v) is 2.80. The molecule has 0 aliphatic carbocycles. The first-order chi connectivity index (χ1) is 10.1. The molecule has 5 nitrogen and oxygen atoms in total. The maximum absolute atomic E-state index is 11.4. The molecule has 1 atom stereocenters. The van der Waals surface area contributed by atoms with E-state index < -0.39 is 5.97 Å². The van der Waals surface area contributed by atoms with Crippen LogP contribution in [0.5, 0.6) is 0 Å². The summed E-state index contributed by atoms with van der Waals surface area (Å²) in [6.07, 6.45) is 3.33. The SMILES string of the molecule is COC(=O)c1ccc(CN2CCCCC2CC(=O)O)cc1. The number of rotatable bonds is 5. The second-order valence-corrected chi connectivity index (χ2v) is 5.41. The summed E-state index contributed by atoms with van der Waals surface area (Å²) < 4.78 is 4.67. The number of carbonyl (C=O) groups is 2. The standard InChI is InChI=1S/C16H21NO4/c1-21-16(20)13-7-5-12(6-8-13)11-17-9-3-2-4-14(17)10-15(18)19/h5-8,14H,2-4,9-11H2,1H3,(H,18,19). The van der Waals surface area contributed by atoms with Crippen LogP contribution in [-0.4, -0.2) is 41.6 Å². The summed E-state index contributed by atoms with van der Waals surface area (Å²) in [5.74, 6) is -1.09. The predicted molar refractivity (Wildman–Crippen MR) is 78.1 cm³/mol. The lowest BCUT2D eigenvalue weighted by molar-refractivity contribution is -0.138. The van der Waals surface area contributed by atoms with Gasteiger partial charge in [0.15, 0.2) is 0 Å². The predicted octanol–water partition coefficient (Wildman–Crippen LogP) is 2.30. The van der Waals surface area contributed by atoms with Gasteiger partial charge in [0, 0.05) is 12.6 Å². The van der Waals surface area contributed by atoms with Gasteiger partial charge in [-0.2, -0.15) is 0 Å². The minimum Gasteiger partial charge on any atom is -0.481 e. The number of hydrogen-bond donors (Lipinski definition) is 1. The fraction of sp³-hybridized carbons (Fsp3) is 0.500. The molecule has 0 saturated carbocycles. The Hall–Kier alpha value is -1.88. The lowest BCUT2D eigenvalue weighted by Gasteiger charge is -2.35. The highest BCUT2D eigenvalue weighted by molar-refractivity contribution is 5.89. The van der Waals surface area contributed by atoms with Crippen LogP contribution in [-0.2, 0) is 16.1 Å². The zero-order valence-electron chi connectivity index (χ0n) is 12.2. The number of benzene rings is 1. The number of carboxylic acid groups (broad SMARTS) is 1. The van der Waals surface area contributed by atoms with Crippen molar-refractivity contribution in [1.82, 2.24) is 4.90 Å². The molecule has 1 saturated heterocycles. The molecule has 1 aromatic rings. The third kappa shape index (κ3) is 4.29. The topological polar surface area (TPSA) is 66.8 Å². The monoisotopic (exact) mass is 291 g/mol. The van der Waals surface area contributed by atoms with E-state index in [4.69, 9.17) is 5.11 Å². The molecule has 21 heavy (non-hydrogen) atoms. The summed E-state index contributed by atoms with van der Waals surface area (Å²) in [6.45, 7) is 1.65. The highest BCUT2D eigenvalue weighted by Crippen LogP contribution is 2.22. The molecule has 1 aromatic carbocycles. The highest BCUT2D eigenvalue weighted by atomic mass is 16.5. The van der Waals surface area contributed by atoms with Gasteiger partial charge in [-0.25, -0.2) is 4.79 Å². The number of piperidine rings is 1. The Morgan fingerprint density at radius 1 is 1.29 bits per heavy atom.